The molecule has 0 N–H and O–H groups in total. The highest BCUT2D eigenvalue weighted by Gasteiger charge is 2.37. The summed E-state index contributed by atoms with van der Waals surface area (Å²) < 4.78 is 2.58. The number of carbonyl (C=O) groups excluding carboxylic acids is 1. The molecule has 1 atom stereocenters. The van der Waals surface area contributed by atoms with Gasteiger partial charge in [0.1, 0.15) is 10.6 Å². The quantitative estimate of drug-likeness (QED) is 0.764. The third-order valence-corrected chi connectivity index (χ3v) is 4.03. The maximum Gasteiger partial charge on any atom is 0.256 e. The van der Waals surface area contributed by atoms with E-state index in [0.29, 0.717) is 21.7 Å². The molecule has 19 heavy (non-hydrogen) atoms. The van der Waals surface area contributed by atoms with Crippen LogP contribution in [0.15, 0.2) is 29.0 Å². The lowest BCUT2D eigenvalue weighted by atomic mass is 10.2. The average Bonchev–Trinajstić information content (AvgIpc) is 2.80. The van der Waals surface area contributed by atoms with Crippen molar-refractivity contribution in [3.63, 3.8) is 0 Å². The van der Waals surface area contributed by atoms with Crippen LogP contribution >= 0.6 is 39.1 Å². The molecule has 1 aliphatic heterocycles. The molecule has 0 radical (unpaired) electrons. The topological polar surface area (TPSA) is 38.1 Å². The van der Waals surface area contributed by atoms with Crippen LogP contribution in [0.5, 0.6) is 0 Å². The van der Waals surface area contributed by atoms with E-state index < -0.39 is 0 Å². The Hall–Kier alpha value is -1.04. The maximum absolute atomic E-state index is 12.4. The standard InChI is InChI=1S/C12H8BrCl2N3O/c1-6-11(19)18(12-16-5-10(13)17(6)12)9-3-7(14)2-8(15)4-9/h2-6H,1H3/t6-/m0/s1. The van der Waals surface area contributed by atoms with Crippen molar-refractivity contribution < 1.29 is 4.79 Å². The Kier molecular flexibility index (Phi) is 3.08. The lowest BCUT2D eigenvalue weighted by molar-refractivity contribution is -0.119. The van der Waals surface area contributed by atoms with Gasteiger partial charge >= 0.3 is 0 Å². The summed E-state index contributed by atoms with van der Waals surface area (Å²) in [6, 6.07) is 4.69. The number of carbonyl (C=O) groups is 1. The van der Waals surface area contributed by atoms with Crippen LogP contribution in [0.2, 0.25) is 10.0 Å². The Balaban J connectivity index is 2.17. The van der Waals surface area contributed by atoms with Gasteiger partial charge in [-0.1, -0.05) is 23.2 Å². The van der Waals surface area contributed by atoms with Gasteiger partial charge in [0.2, 0.25) is 5.95 Å². The first-order valence-electron chi connectivity index (χ1n) is 5.52. The van der Waals surface area contributed by atoms with Crippen molar-refractivity contribution in [3.05, 3.63) is 39.0 Å². The molecule has 2 aromatic rings. The first-order valence-corrected chi connectivity index (χ1v) is 7.06. The van der Waals surface area contributed by atoms with Crippen molar-refractivity contribution in [2.45, 2.75) is 13.0 Å². The largest absolute Gasteiger partial charge is 0.292 e. The molecule has 3 rings (SSSR count). The van der Waals surface area contributed by atoms with E-state index in [1.165, 1.54) is 4.90 Å². The number of aromatic nitrogens is 2. The van der Waals surface area contributed by atoms with Crippen molar-refractivity contribution in [2.75, 3.05) is 4.90 Å². The van der Waals surface area contributed by atoms with E-state index in [1.807, 2.05) is 11.5 Å². The van der Waals surface area contributed by atoms with Crippen LogP contribution in [0.1, 0.15) is 13.0 Å². The Morgan fingerprint density at radius 2 is 1.89 bits per heavy atom. The van der Waals surface area contributed by atoms with Gasteiger partial charge < -0.3 is 0 Å². The SMILES string of the molecule is C[C@H]1C(=O)N(c2cc(Cl)cc(Cl)c2)c2ncc(Br)n21. The Morgan fingerprint density at radius 1 is 1.26 bits per heavy atom. The molecule has 4 nitrogen and oxygen atoms in total. The third kappa shape index (κ3) is 1.96. The van der Waals surface area contributed by atoms with Gasteiger partial charge in [-0.3, -0.25) is 9.36 Å². The van der Waals surface area contributed by atoms with Crippen LogP contribution in [-0.2, 0) is 4.79 Å². The number of amides is 1. The van der Waals surface area contributed by atoms with E-state index >= 15 is 0 Å². The highest BCUT2D eigenvalue weighted by Crippen LogP contribution is 2.39. The minimum Gasteiger partial charge on any atom is -0.292 e. The van der Waals surface area contributed by atoms with Gasteiger partial charge in [-0.05, 0) is 41.1 Å². The highest BCUT2D eigenvalue weighted by molar-refractivity contribution is 9.10. The molecule has 0 bridgehead atoms. The molecule has 0 unspecified atom stereocenters. The summed E-state index contributed by atoms with van der Waals surface area (Å²) in [4.78, 5) is 18.1. The molecular weight excluding hydrogens is 353 g/mol. The van der Waals surface area contributed by atoms with Crippen LogP contribution in [0.25, 0.3) is 0 Å². The number of rotatable bonds is 1. The molecule has 98 valence electrons. The molecule has 0 saturated carbocycles. The number of hydrogen-bond donors (Lipinski definition) is 0. The lowest BCUT2D eigenvalue weighted by Crippen LogP contribution is -2.23. The zero-order valence-electron chi connectivity index (χ0n) is 9.77. The molecule has 0 spiro atoms. The molecule has 2 heterocycles. The number of hydrogen-bond acceptors (Lipinski definition) is 2. The Bertz CT molecular complexity index is 665. The monoisotopic (exact) mass is 359 g/mol. The number of halogens is 3. The summed E-state index contributed by atoms with van der Waals surface area (Å²) >= 11 is 15.4. The van der Waals surface area contributed by atoms with Crippen molar-refractivity contribution in [3.8, 4) is 0 Å². The fraction of sp³-hybridized carbons (Fsp3) is 0.167. The molecular formula is C12H8BrCl2N3O. The van der Waals surface area contributed by atoms with Crippen molar-refractivity contribution in [1.82, 2.24) is 9.55 Å². The second-order valence-corrected chi connectivity index (χ2v) is 5.91. The van der Waals surface area contributed by atoms with E-state index in [4.69, 9.17) is 23.2 Å². The van der Waals surface area contributed by atoms with Crippen LogP contribution in [0.3, 0.4) is 0 Å². The minimum atomic E-state index is -0.315. The second-order valence-electron chi connectivity index (χ2n) is 4.23. The summed E-state index contributed by atoms with van der Waals surface area (Å²) in [5.74, 6) is 0.491. The Morgan fingerprint density at radius 3 is 2.53 bits per heavy atom. The molecule has 1 aromatic carbocycles. The molecule has 0 fully saturated rings. The van der Waals surface area contributed by atoms with E-state index in [2.05, 4.69) is 20.9 Å². The molecule has 0 saturated heterocycles. The highest BCUT2D eigenvalue weighted by atomic mass is 79.9. The molecule has 7 heteroatoms. The van der Waals surface area contributed by atoms with Crippen LogP contribution in [0, 0.1) is 0 Å². The smallest absolute Gasteiger partial charge is 0.256 e. The van der Waals surface area contributed by atoms with Crippen molar-refractivity contribution in [1.29, 1.82) is 0 Å². The number of fused-ring (bicyclic) bond motifs is 1. The van der Waals surface area contributed by atoms with Gasteiger partial charge in [-0.2, -0.15) is 0 Å². The zero-order valence-corrected chi connectivity index (χ0v) is 12.9. The van der Waals surface area contributed by atoms with Gasteiger partial charge in [-0.15, -0.1) is 0 Å². The first-order chi connectivity index (χ1) is 8.99. The van der Waals surface area contributed by atoms with Crippen molar-refractivity contribution >= 4 is 56.7 Å². The number of benzene rings is 1. The number of anilines is 2. The van der Waals surface area contributed by atoms with E-state index in [9.17, 15) is 4.79 Å². The van der Waals surface area contributed by atoms with E-state index in [-0.39, 0.29) is 11.9 Å². The summed E-state index contributed by atoms with van der Waals surface area (Å²) in [5.41, 5.74) is 0.617. The van der Waals surface area contributed by atoms with Gasteiger partial charge in [-0.25, -0.2) is 9.88 Å². The third-order valence-electron chi connectivity index (χ3n) is 3.00. The summed E-state index contributed by atoms with van der Waals surface area (Å²) in [6.07, 6.45) is 1.66. The van der Waals surface area contributed by atoms with E-state index in [1.54, 1.807) is 24.4 Å². The zero-order chi connectivity index (χ0) is 13.7. The predicted octanol–water partition coefficient (Wildman–Crippen LogP) is 4.19. The summed E-state index contributed by atoms with van der Waals surface area (Å²) in [5, 5.41) is 0.957. The fourth-order valence-corrected chi connectivity index (χ4v) is 3.24. The van der Waals surface area contributed by atoms with Gasteiger partial charge in [0, 0.05) is 10.0 Å². The first kappa shape index (κ1) is 13.0. The average molecular weight is 361 g/mol. The van der Waals surface area contributed by atoms with Crippen LogP contribution in [-0.4, -0.2) is 15.5 Å². The van der Waals surface area contributed by atoms with Gasteiger partial charge in [0.05, 0.1) is 11.9 Å². The lowest BCUT2D eigenvalue weighted by Gasteiger charge is -2.15. The van der Waals surface area contributed by atoms with Crippen LogP contribution in [0.4, 0.5) is 11.6 Å². The fourth-order valence-electron chi connectivity index (χ4n) is 2.16. The minimum absolute atomic E-state index is 0.0675. The van der Waals surface area contributed by atoms with Gasteiger partial charge in [0.25, 0.3) is 5.91 Å². The summed E-state index contributed by atoms with van der Waals surface area (Å²) in [6.45, 7) is 1.82. The number of nitrogens with zero attached hydrogens (tertiary/aromatic N) is 3. The Labute approximate surface area is 128 Å². The number of imidazole rings is 1. The predicted molar refractivity (Wildman–Crippen MR) is 78.2 cm³/mol. The van der Waals surface area contributed by atoms with Crippen molar-refractivity contribution in [2.24, 2.45) is 0 Å². The normalized spacial score (nSPS) is 18.0. The molecule has 1 aromatic heterocycles. The maximum atomic E-state index is 12.4. The second kappa shape index (κ2) is 4.51. The molecule has 0 aliphatic carbocycles. The molecule has 1 aliphatic rings. The van der Waals surface area contributed by atoms with E-state index in [0.717, 1.165) is 4.60 Å². The van der Waals surface area contributed by atoms with Crippen LogP contribution < -0.4 is 4.90 Å². The van der Waals surface area contributed by atoms with Gasteiger partial charge in [0.15, 0.2) is 0 Å². The molecule has 1 amide bonds. The summed E-state index contributed by atoms with van der Waals surface area (Å²) in [7, 11) is 0.